The van der Waals surface area contributed by atoms with E-state index in [-0.39, 0.29) is 0 Å². The van der Waals surface area contributed by atoms with Crippen LogP contribution in [0.25, 0.3) is 22.2 Å². The van der Waals surface area contributed by atoms with Crippen molar-refractivity contribution in [3.8, 4) is 11.3 Å². The number of nitrogens with zero attached hydrogens (tertiary/aromatic N) is 3. The lowest BCUT2D eigenvalue weighted by molar-refractivity contribution is 0.437. The third-order valence-electron chi connectivity index (χ3n) is 6.34. The minimum absolute atomic E-state index is 0.458. The van der Waals surface area contributed by atoms with Gasteiger partial charge < -0.3 is 9.47 Å². The van der Waals surface area contributed by atoms with Gasteiger partial charge in [0, 0.05) is 40.6 Å². The summed E-state index contributed by atoms with van der Waals surface area (Å²) in [7, 11) is 0. The molecule has 1 aliphatic heterocycles. The molecule has 0 N–H and O–H groups in total. The number of rotatable bonds is 2. The molecule has 28 heavy (non-hydrogen) atoms. The molecule has 1 atom stereocenters. The van der Waals surface area contributed by atoms with E-state index in [4.69, 9.17) is 4.98 Å². The lowest BCUT2D eigenvalue weighted by Gasteiger charge is -2.39. The van der Waals surface area contributed by atoms with Gasteiger partial charge in [0.25, 0.3) is 0 Å². The van der Waals surface area contributed by atoms with Gasteiger partial charge in [0.05, 0.1) is 11.7 Å². The molecular weight excluding hydrogens is 362 g/mol. The van der Waals surface area contributed by atoms with Gasteiger partial charge in [0.2, 0.25) is 0 Å². The standard InChI is InChI=1S/C24H23N3S/c1-16-10-11-21-19(14-16)18-8-5-9-22-23(18)26(21)12-13-27(22)24-25-20(15-28-24)17-6-3-2-4-7-17/h2-4,6-7,10-11,14-15,22H,5,8-9,12-13H2,1H3. The van der Waals surface area contributed by atoms with Crippen molar-refractivity contribution in [1.82, 2.24) is 9.55 Å². The largest absolute Gasteiger partial charge is 0.341 e. The van der Waals surface area contributed by atoms with Gasteiger partial charge in [-0.1, -0.05) is 42.0 Å². The summed E-state index contributed by atoms with van der Waals surface area (Å²) in [6.07, 6.45) is 3.69. The topological polar surface area (TPSA) is 21.1 Å². The summed E-state index contributed by atoms with van der Waals surface area (Å²) in [5.41, 5.74) is 8.22. The monoisotopic (exact) mass is 385 g/mol. The predicted octanol–water partition coefficient (Wildman–Crippen LogP) is 5.97. The fourth-order valence-corrected chi connectivity index (χ4v) is 6.00. The average molecular weight is 386 g/mol. The minimum Gasteiger partial charge on any atom is -0.341 e. The van der Waals surface area contributed by atoms with Crippen LogP contribution in [0.2, 0.25) is 0 Å². The van der Waals surface area contributed by atoms with E-state index in [2.05, 4.69) is 70.3 Å². The number of benzene rings is 2. The van der Waals surface area contributed by atoms with E-state index in [0.29, 0.717) is 6.04 Å². The third-order valence-corrected chi connectivity index (χ3v) is 7.21. The minimum atomic E-state index is 0.458. The Labute approximate surface area is 169 Å². The smallest absolute Gasteiger partial charge is 0.186 e. The number of anilines is 1. The Hall–Kier alpha value is -2.59. The highest BCUT2D eigenvalue weighted by Gasteiger charge is 2.36. The molecule has 0 saturated carbocycles. The summed E-state index contributed by atoms with van der Waals surface area (Å²) in [5, 5.41) is 4.86. The summed E-state index contributed by atoms with van der Waals surface area (Å²) in [5.74, 6) is 0. The molecule has 0 bridgehead atoms. The molecule has 0 spiro atoms. The maximum absolute atomic E-state index is 5.03. The van der Waals surface area contributed by atoms with Gasteiger partial charge in [-0.2, -0.15) is 0 Å². The summed E-state index contributed by atoms with van der Waals surface area (Å²) < 4.78 is 2.59. The van der Waals surface area contributed by atoms with Gasteiger partial charge in [0.15, 0.2) is 5.13 Å². The van der Waals surface area contributed by atoms with Crippen molar-refractivity contribution >= 4 is 27.4 Å². The number of hydrogen-bond acceptors (Lipinski definition) is 3. The van der Waals surface area contributed by atoms with Crippen LogP contribution in [0.1, 0.15) is 35.7 Å². The number of thiazole rings is 1. The van der Waals surface area contributed by atoms with E-state index in [0.717, 1.165) is 18.8 Å². The highest BCUT2D eigenvalue weighted by molar-refractivity contribution is 7.14. The summed E-state index contributed by atoms with van der Waals surface area (Å²) in [4.78, 5) is 7.60. The van der Waals surface area contributed by atoms with Crippen LogP contribution < -0.4 is 4.90 Å². The van der Waals surface area contributed by atoms with Crippen molar-refractivity contribution in [2.75, 3.05) is 11.4 Å². The van der Waals surface area contributed by atoms with Crippen molar-refractivity contribution in [1.29, 1.82) is 0 Å². The highest BCUT2D eigenvalue weighted by atomic mass is 32.1. The molecule has 2 aromatic carbocycles. The van der Waals surface area contributed by atoms with Crippen LogP contribution in [0.3, 0.4) is 0 Å². The van der Waals surface area contributed by atoms with E-state index in [1.54, 1.807) is 22.6 Å². The normalized spacial score (nSPS) is 18.5. The Kier molecular flexibility index (Phi) is 3.63. The van der Waals surface area contributed by atoms with Crippen molar-refractivity contribution in [2.24, 2.45) is 0 Å². The molecule has 140 valence electrons. The fourth-order valence-electron chi connectivity index (χ4n) is 5.08. The van der Waals surface area contributed by atoms with Crippen molar-refractivity contribution in [3.63, 3.8) is 0 Å². The molecule has 1 aliphatic carbocycles. The first-order valence-electron chi connectivity index (χ1n) is 10.2. The molecular formula is C24H23N3S. The average Bonchev–Trinajstić information content (AvgIpc) is 3.34. The first-order valence-corrected chi connectivity index (χ1v) is 11.1. The summed E-state index contributed by atoms with van der Waals surface area (Å²) >= 11 is 1.79. The maximum atomic E-state index is 5.03. The fraction of sp³-hybridized carbons (Fsp3) is 0.292. The third kappa shape index (κ3) is 2.37. The van der Waals surface area contributed by atoms with Crippen LogP contribution in [0.5, 0.6) is 0 Å². The van der Waals surface area contributed by atoms with Crippen LogP contribution in [-0.2, 0) is 13.0 Å². The molecule has 3 nitrogen and oxygen atoms in total. The molecule has 3 heterocycles. The number of aryl methyl sites for hydroxylation is 2. The Morgan fingerprint density at radius 2 is 1.96 bits per heavy atom. The zero-order valence-electron chi connectivity index (χ0n) is 16.1. The van der Waals surface area contributed by atoms with Crippen LogP contribution in [0, 0.1) is 6.92 Å². The van der Waals surface area contributed by atoms with Gasteiger partial charge >= 0.3 is 0 Å². The molecule has 4 heteroatoms. The van der Waals surface area contributed by atoms with Crippen molar-refractivity contribution in [2.45, 2.75) is 38.8 Å². The quantitative estimate of drug-likeness (QED) is 0.424. The molecule has 0 saturated heterocycles. The zero-order valence-corrected chi connectivity index (χ0v) is 16.9. The van der Waals surface area contributed by atoms with Crippen LogP contribution in [-0.4, -0.2) is 16.1 Å². The van der Waals surface area contributed by atoms with Crippen molar-refractivity contribution in [3.05, 3.63) is 70.7 Å². The predicted molar refractivity (Wildman–Crippen MR) is 117 cm³/mol. The van der Waals surface area contributed by atoms with E-state index in [9.17, 15) is 0 Å². The Morgan fingerprint density at radius 3 is 2.86 bits per heavy atom. The van der Waals surface area contributed by atoms with Crippen LogP contribution in [0.15, 0.2) is 53.9 Å². The molecule has 2 aliphatic rings. The molecule has 6 rings (SSSR count). The van der Waals surface area contributed by atoms with E-state index in [1.807, 2.05) is 0 Å². The molecule has 1 unspecified atom stereocenters. The Bertz CT molecular complexity index is 1170. The number of aromatic nitrogens is 2. The second kappa shape index (κ2) is 6.21. The first-order chi connectivity index (χ1) is 13.8. The lowest BCUT2D eigenvalue weighted by Crippen LogP contribution is -2.39. The number of fused-ring (bicyclic) bond motifs is 3. The molecule has 0 amide bonds. The Morgan fingerprint density at radius 1 is 1.07 bits per heavy atom. The number of hydrogen-bond donors (Lipinski definition) is 0. The highest BCUT2D eigenvalue weighted by Crippen LogP contribution is 2.45. The van der Waals surface area contributed by atoms with E-state index < -0.39 is 0 Å². The van der Waals surface area contributed by atoms with Gasteiger partial charge in [-0.3, -0.25) is 0 Å². The first kappa shape index (κ1) is 16.4. The second-order valence-electron chi connectivity index (χ2n) is 8.02. The van der Waals surface area contributed by atoms with Crippen molar-refractivity contribution < 1.29 is 0 Å². The van der Waals surface area contributed by atoms with Gasteiger partial charge in [-0.05, 0) is 43.9 Å². The summed E-state index contributed by atoms with van der Waals surface area (Å²) in [6, 6.07) is 18.0. The summed E-state index contributed by atoms with van der Waals surface area (Å²) in [6.45, 7) is 4.29. The molecule has 0 radical (unpaired) electrons. The van der Waals surface area contributed by atoms with Gasteiger partial charge in [0.1, 0.15) is 0 Å². The van der Waals surface area contributed by atoms with Crippen LogP contribution >= 0.6 is 11.3 Å². The Balaban J connectivity index is 1.44. The van der Waals surface area contributed by atoms with Gasteiger partial charge in [-0.25, -0.2) is 4.98 Å². The second-order valence-corrected chi connectivity index (χ2v) is 8.86. The lowest BCUT2D eigenvalue weighted by atomic mass is 9.90. The van der Waals surface area contributed by atoms with Gasteiger partial charge in [-0.15, -0.1) is 11.3 Å². The maximum Gasteiger partial charge on any atom is 0.186 e. The molecule has 0 fully saturated rings. The zero-order chi connectivity index (χ0) is 18.7. The molecule has 4 aromatic rings. The van der Waals surface area contributed by atoms with E-state index >= 15 is 0 Å². The van der Waals surface area contributed by atoms with E-state index in [1.165, 1.54) is 46.4 Å². The molecule has 2 aromatic heterocycles. The van der Waals surface area contributed by atoms with Crippen LogP contribution in [0.4, 0.5) is 5.13 Å². The SMILES string of the molecule is Cc1ccc2c(c1)c1c3n2CCN(c2nc(-c4ccccc4)cs2)C3CCC1.